The number of nitrogens with zero attached hydrogens (tertiary/aromatic N) is 1. The maximum atomic E-state index is 15.6. The summed E-state index contributed by atoms with van der Waals surface area (Å²) in [6, 6.07) is 5.94. The minimum atomic E-state index is -1.86. The topological polar surface area (TPSA) is 102 Å². The molecule has 2 aromatic carbocycles. The van der Waals surface area contributed by atoms with E-state index in [1.165, 1.54) is 12.1 Å². The first-order valence-corrected chi connectivity index (χ1v) is 14.9. The van der Waals surface area contributed by atoms with E-state index in [4.69, 9.17) is 5.11 Å². The number of halogens is 3. The van der Waals surface area contributed by atoms with Crippen molar-refractivity contribution in [3.05, 3.63) is 58.9 Å². The summed E-state index contributed by atoms with van der Waals surface area (Å²) in [7, 11) is 1.92. The normalized spacial score (nSPS) is 22.4. The third-order valence-corrected chi connectivity index (χ3v) is 9.02. The molecule has 2 aromatic rings. The molecular weight excluding hydrogens is 547 g/mol. The Balaban J connectivity index is 1.69. The van der Waals surface area contributed by atoms with Gasteiger partial charge in [0.05, 0.1) is 5.60 Å². The first kappa shape index (κ1) is 31.8. The number of benzene rings is 2. The van der Waals surface area contributed by atoms with Gasteiger partial charge in [0.25, 0.3) is 0 Å². The van der Waals surface area contributed by atoms with Crippen LogP contribution in [0, 0.1) is 42.1 Å². The van der Waals surface area contributed by atoms with Gasteiger partial charge in [-0.05, 0) is 102 Å². The molecule has 2 atom stereocenters. The molecule has 0 bridgehead atoms. The summed E-state index contributed by atoms with van der Waals surface area (Å²) >= 11 is 0. The van der Waals surface area contributed by atoms with Crippen molar-refractivity contribution in [2.75, 3.05) is 33.2 Å². The number of carbonyl (C=O) groups excluding carboxylic acids is 1. The molecule has 0 unspecified atom stereocenters. The predicted octanol–water partition coefficient (Wildman–Crippen LogP) is 5.58. The summed E-state index contributed by atoms with van der Waals surface area (Å²) in [5.74, 6) is -2.76. The molecule has 0 spiro atoms. The molecule has 2 fully saturated rings. The van der Waals surface area contributed by atoms with Crippen molar-refractivity contribution in [3.8, 4) is 11.1 Å². The van der Waals surface area contributed by atoms with Crippen LogP contribution in [0.2, 0.25) is 0 Å². The van der Waals surface area contributed by atoms with Crippen molar-refractivity contribution in [2.45, 2.75) is 63.9 Å². The van der Waals surface area contributed by atoms with Crippen molar-refractivity contribution in [1.82, 2.24) is 15.5 Å². The quantitative estimate of drug-likeness (QED) is 0.271. The van der Waals surface area contributed by atoms with Crippen LogP contribution in [0.5, 0.6) is 0 Å². The van der Waals surface area contributed by atoms with Crippen LogP contribution in [0.3, 0.4) is 0 Å². The van der Waals surface area contributed by atoms with Gasteiger partial charge in [0.15, 0.2) is 0 Å². The largest absolute Gasteiger partial charge is 0.465 e. The van der Waals surface area contributed by atoms with Gasteiger partial charge in [-0.25, -0.2) is 18.0 Å². The number of hydrogen-bond acceptors (Lipinski definition) is 4. The van der Waals surface area contributed by atoms with Gasteiger partial charge in [-0.2, -0.15) is 0 Å². The predicted molar refractivity (Wildman–Crippen MR) is 154 cm³/mol. The van der Waals surface area contributed by atoms with Crippen molar-refractivity contribution in [3.63, 3.8) is 0 Å². The standard InChI is InChI=1S/C32H42F3N3O4/c1-20-6-11-27(34)25(15-20)29-26(16-24(33)17-28(29)35)32(42,12-4-13-37-31(40)41)23-5-3-14-38(19-23)30(39)22-9-7-21(8-10-22)18-36-2/h6,11,15-17,21-23,36-37,42H,3-5,7-10,12-14,18-19H2,1-2H3,(H,40,41)/t21-,22-,23-,32+/m1/s1. The number of carbonyl (C=O) groups is 2. The SMILES string of the molecule is CNC[C@H]1CC[C@H](C(=O)N2CCC[C@@H]([C@@](O)(CCCNC(=O)O)c3cc(F)cc(F)c3-c3cc(C)ccc3F)C2)CC1. The smallest absolute Gasteiger partial charge is 0.404 e. The van der Waals surface area contributed by atoms with Crippen LogP contribution in [0.15, 0.2) is 30.3 Å². The molecule has 10 heteroatoms. The fourth-order valence-electron chi connectivity index (χ4n) is 6.86. The zero-order chi connectivity index (χ0) is 30.4. The van der Waals surface area contributed by atoms with Gasteiger partial charge in [0.2, 0.25) is 5.91 Å². The average Bonchev–Trinajstić information content (AvgIpc) is 2.96. The number of likely N-dealkylation sites (tertiary alicyclic amines) is 1. The maximum absolute atomic E-state index is 15.6. The monoisotopic (exact) mass is 589 g/mol. The summed E-state index contributed by atoms with van der Waals surface area (Å²) in [5, 5.41) is 27.0. The van der Waals surface area contributed by atoms with E-state index in [0.717, 1.165) is 38.3 Å². The minimum absolute atomic E-state index is 0.00873. The molecule has 230 valence electrons. The summed E-state index contributed by atoms with van der Waals surface area (Å²) in [4.78, 5) is 26.4. The molecule has 2 amide bonds. The first-order valence-electron chi connectivity index (χ1n) is 14.9. The lowest BCUT2D eigenvalue weighted by atomic mass is 9.71. The van der Waals surface area contributed by atoms with Crippen molar-refractivity contribution in [1.29, 1.82) is 0 Å². The highest BCUT2D eigenvalue weighted by Gasteiger charge is 2.44. The van der Waals surface area contributed by atoms with E-state index in [9.17, 15) is 19.1 Å². The van der Waals surface area contributed by atoms with Gasteiger partial charge in [-0.15, -0.1) is 0 Å². The van der Waals surface area contributed by atoms with E-state index in [1.54, 1.807) is 17.9 Å². The van der Waals surface area contributed by atoms with Gasteiger partial charge in [0, 0.05) is 48.7 Å². The van der Waals surface area contributed by atoms with Crippen LogP contribution in [-0.4, -0.2) is 60.3 Å². The van der Waals surface area contributed by atoms with Gasteiger partial charge < -0.3 is 25.7 Å². The van der Waals surface area contributed by atoms with Gasteiger partial charge in [0.1, 0.15) is 17.5 Å². The second-order valence-corrected chi connectivity index (χ2v) is 12.0. The fourth-order valence-corrected chi connectivity index (χ4v) is 6.86. The molecule has 1 saturated carbocycles. The van der Waals surface area contributed by atoms with Crippen LogP contribution in [0.1, 0.15) is 62.5 Å². The number of hydrogen-bond donors (Lipinski definition) is 4. The zero-order valence-corrected chi connectivity index (χ0v) is 24.4. The van der Waals surface area contributed by atoms with E-state index in [2.05, 4.69) is 10.6 Å². The van der Waals surface area contributed by atoms with Crippen molar-refractivity contribution < 1.29 is 33.0 Å². The number of rotatable bonds is 10. The number of aryl methyl sites for hydroxylation is 1. The van der Waals surface area contributed by atoms with Crippen LogP contribution in [-0.2, 0) is 10.4 Å². The lowest BCUT2D eigenvalue weighted by Gasteiger charge is -2.44. The summed E-state index contributed by atoms with van der Waals surface area (Å²) in [6.45, 7) is 3.37. The molecule has 0 radical (unpaired) electrons. The van der Waals surface area contributed by atoms with Gasteiger partial charge in [-0.1, -0.05) is 11.6 Å². The Morgan fingerprint density at radius 2 is 1.79 bits per heavy atom. The molecule has 0 aromatic heterocycles. The fraction of sp³-hybridized carbons (Fsp3) is 0.562. The third-order valence-electron chi connectivity index (χ3n) is 9.02. The number of amides is 2. The second kappa shape index (κ2) is 13.9. The molecule has 2 aliphatic rings. The first-order chi connectivity index (χ1) is 20.0. The Morgan fingerprint density at radius 1 is 1.05 bits per heavy atom. The van der Waals surface area contributed by atoms with E-state index in [1.807, 2.05) is 7.05 Å². The second-order valence-electron chi connectivity index (χ2n) is 12.0. The highest BCUT2D eigenvalue weighted by atomic mass is 19.1. The summed E-state index contributed by atoms with van der Waals surface area (Å²) < 4.78 is 45.5. The lowest BCUT2D eigenvalue weighted by Crippen LogP contribution is -2.50. The Kier molecular flexibility index (Phi) is 10.5. The maximum Gasteiger partial charge on any atom is 0.404 e. The van der Waals surface area contributed by atoms with Gasteiger partial charge >= 0.3 is 6.09 Å². The molecule has 1 heterocycles. The lowest BCUT2D eigenvalue weighted by molar-refractivity contribution is -0.142. The zero-order valence-electron chi connectivity index (χ0n) is 24.4. The van der Waals surface area contributed by atoms with E-state index < -0.39 is 35.1 Å². The Morgan fingerprint density at radius 3 is 2.48 bits per heavy atom. The molecule has 1 aliphatic heterocycles. The van der Waals surface area contributed by atoms with Crippen LogP contribution in [0.4, 0.5) is 18.0 Å². The van der Waals surface area contributed by atoms with Crippen LogP contribution >= 0.6 is 0 Å². The van der Waals surface area contributed by atoms with Crippen LogP contribution < -0.4 is 10.6 Å². The molecule has 1 aliphatic carbocycles. The molecule has 4 rings (SSSR count). The molecule has 42 heavy (non-hydrogen) atoms. The Hall–Kier alpha value is -3.11. The number of aliphatic hydroxyl groups is 1. The molecular formula is C32H42F3N3O4. The van der Waals surface area contributed by atoms with Crippen LogP contribution in [0.25, 0.3) is 11.1 Å². The Labute approximate surface area is 245 Å². The van der Waals surface area contributed by atoms with Crippen molar-refractivity contribution in [2.24, 2.45) is 17.8 Å². The van der Waals surface area contributed by atoms with E-state index in [-0.39, 0.29) is 54.4 Å². The minimum Gasteiger partial charge on any atom is -0.465 e. The van der Waals surface area contributed by atoms with E-state index in [0.29, 0.717) is 36.9 Å². The number of nitrogens with one attached hydrogen (secondary N) is 2. The number of carboxylic acid groups (broad SMARTS) is 1. The average molecular weight is 590 g/mol. The molecule has 4 N–H and O–H groups in total. The van der Waals surface area contributed by atoms with Gasteiger partial charge in [-0.3, -0.25) is 4.79 Å². The number of piperidine rings is 1. The molecule has 1 saturated heterocycles. The molecule has 7 nitrogen and oxygen atoms in total. The highest BCUT2D eigenvalue weighted by molar-refractivity contribution is 5.79. The Bertz CT molecular complexity index is 1270. The summed E-state index contributed by atoms with van der Waals surface area (Å²) in [5.41, 5.74) is -1.61. The van der Waals surface area contributed by atoms with E-state index >= 15 is 8.78 Å². The van der Waals surface area contributed by atoms with Crippen molar-refractivity contribution >= 4 is 12.0 Å². The third kappa shape index (κ3) is 7.26. The highest BCUT2D eigenvalue weighted by Crippen LogP contribution is 2.45. The summed E-state index contributed by atoms with van der Waals surface area (Å²) in [6.07, 6.45) is 3.48.